The van der Waals surface area contributed by atoms with E-state index in [1.807, 2.05) is 0 Å². The Morgan fingerprint density at radius 1 is 0.462 bits per heavy atom. The minimum absolute atomic E-state index is 0.0254. The summed E-state index contributed by atoms with van der Waals surface area (Å²) in [7, 11) is 0. The lowest BCUT2D eigenvalue weighted by atomic mass is 9.85. The minimum atomic E-state index is 0.0254. The Bertz CT molecular complexity index is 1720. The largest absolute Gasteiger partial charge is 0.309 e. The third kappa shape index (κ3) is 4.57. The molecular formula is C38H37N. The van der Waals surface area contributed by atoms with Gasteiger partial charge in [-0.1, -0.05) is 110 Å². The predicted molar refractivity (Wildman–Crippen MR) is 169 cm³/mol. The Morgan fingerprint density at radius 2 is 0.897 bits per heavy atom. The smallest absolute Gasteiger partial charge is 0.0541 e. The maximum absolute atomic E-state index is 2.47. The fraction of sp³-hybridized carbons (Fsp3) is 0.211. The number of rotatable bonds is 3. The molecule has 0 atom stereocenters. The lowest BCUT2D eigenvalue weighted by molar-refractivity contribution is 0.587. The van der Waals surface area contributed by atoms with Crippen LogP contribution in [0.25, 0.3) is 49.7 Å². The molecule has 5 aromatic carbocycles. The Kier molecular flexibility index (Phi) is 5.99. The molecule has 0 amide bonds. The summed E-state index contributed by atoms with van der Waals surface area (Å²) in [5.74, 6) is 0. The van der Waals surface area contributed by atoms with Gasteiger partial charge in [0.25, 0.3) is 0 Å². The number of hydrogen-bond donors (Lipinski definition) is 0. The lowest BCUT2D eigenvalue weighted by Crippen LogP contribution is -2.15. The van der Waals surface area contributed by atoms with Gasteiger partial charge in [-0.05, 0) is 91.3 Å². The highest BCUT2D eigenvalue weighted by Gasteiger charge is 2.22. The van der Waals surface area contributed by atoms with Gasteiger partial charge in [-0.25, -0.2) is 0 Å². The third-order valence-electron chi connectivity index (χ3n) is 7.83. The van der Waals surface area contributed by atoms with E-state index >= 15 is 0 Å². The molecule has 0 aliphatic heterocycles. The summed E-state index contributed by atoms with van der Waals surface area (Å²) >= 11 is 0. The molecule has 1 heterocycles. The molecular weight excluding hydrogens is 470 g/mol. The molecule has 0 saturated heterocycles. The normalized spacial score (nSPS) is 12.0. The van der Waals surface area contributed by atoms with Gasteiger partial charge in [0.1, 0.15) is 0 Å². The topological polar surface area (TPSA) is 4.93 Å². The Balaban J connectivity index is 1.69. The first kappa shape index (κ1) is 25.2. The van der Waals surface area contributed by atoms with E-state index in [0.29, 0.717) is 0 Å². The molecule has 0 bridgehead atoms. The van der Waals surface area contributed by atoms with E-state index < -0.39 is 0 Å². The SMILES string of the molecule is Cc1cc(C)cc(-c2ccc3c(c2)c2cc(-c4cc(C)cc(C)c4)ccc2n3-c2ccccc2C(C)(C)C)c1. The van der Waals surface area contributed by atoms with E-state index in [4.69, 9.17) is 0 Å². The van der Waals surface area contributed by atoms with Crippen molar-refractivity contribution in [3.05, 3.63) is 125 Å². The number of aromatic nitrogens is 1. The van der Waals surface area contributed by atoms with Crippen LogP contribution in [-0.4, -0.2) is 4.57 Å². The van der Waals surface area contributed by atoms with Crippen LogP contribution in [0.15, 0.2) is 97.1 Å². The van der Waals surface area contributed by atoms with Gasteiger partial charge in [0, 0.05) is 16.5 Å². The number of hydrogen-bond acceptors (Lipinski definition) is 0. The van der Waals surface area contributed by atoms with Gasteiger partial charge in [0.15, 0.2) is 0 Å². The summed E-state index contributed by atoms with van der Waals surface area (Å²) in [6, 6.07) is 36.5. The van der Waals surface area contributed by atoms with Crippen LogP contribution in [0.3, 0.4) is 0 Å². The molecule has 0 fully saturated rings. The molecule has 6 aromatic rings. The van der Waals surface area contributed by atoms with Crippen LogP contribution < -0.4 is 0 Å². The highest BCUT2D eigenvalue weighted by Crippen LogP contribution is 2.40. The maximum atomic E-state index is 2.47. The van der Waals surface area contributed by atoms with Crippen molar-refractivity contribution in [1.29, 1.82) is 0 Å². The van der Waals surface area contributed by atoms with Crippen LogP contribution in [-0.2, 0) is 5.41 Å². The molecule has 1 nitrogen and oxygen atoms in total. The van der Waals surface area contributed by atoms with Crippen molar-refractivity contribution in [2.24, 2.45) is 0 Å². The molecule has 1 heteroatoms. The quantitative estimate of drug-likeness (QED) is 0.224. The van der Waals surface area contributed by atoms with Crippen molar-refractivity contribution in [3.63, 3.8) is 0 Å². The van der Waals surface area contributed by atoms with Crippen molar-refractivity contribution < 1.29 is 0 Å². The molecule has 0 aliphatic rings. The Labute approximate surface area is 232 Å². The second-order valence-corrected chi connectivity index (χ2v) is 12.3. The number of aryl methyl sites for hydroxylation is 4. The maximum Gasteiger partial charge on any atom is 0.0541 e. The molecule has 194 valence electrons. The highest BCUT2D eigenvalue weighted by atomic mass is 15.0. The van der Waals surface area contributed by atoms with E-state index in [1.54, 1.807) is 0 Å². The van der Waals surface area contributed by atoms with Gasteiger partial charge < -0.3 is 4.57 Å². The zero-order valence-corrected chi connectivity index (χ0v) is 24.2. The van der Waals surface area contributed by atoms with Gasteiger partial charge in [-0.3, -0.25) is 0 Å². The first-order chi connectivity index (χ1) is 18.6. The predicted octanol–water partition coefficient (Wildman–Crippen LogP) is 10.6. The molecule has 39 heavy (non-hydrogen) atoms. The molecule has 0 radical (unpaired) electrons. The number of fused-ring (bicyclic) bond motifs is 3. The molecule has 0 N–H and O–H groups in total. The Hall–Kier alpha value is -4.10. The van der Waals surface area contributed by atoms with Crippen LogP contribution >= 0.6 is 0 Å². The average Bonchev–Trinajstić information content (AvgIpc) is 3.20. The van der Waals surface area contributed by atoms with Gasteiger partial charge in [-0.15, -0.1) is 0 Å². The zero-order chi connectivity index (χ0) is 27.5. The first-order valence-electron chi connectivity index (χ1n) is 13.9. The molecule has 0 spiro atoms. The number of nitrogens with zero attached hydrogens (tertiary/aromatic N) is 1. The Morgan fingerprint density at radius 3 is 1.33 bits per heavy atom. The van der Waals surface area contributed by atoms with Gasteiger partial charge in [-0.2, -0.15) is 0 Å². The summed E-state index contributed by atoms with van der Waals surface area (Å²) in [6.45, 7) is 15.6. The van der Waals surface area contributed by atoms with Crippen molar-refractivity contribution in [1.82, 2.24) is 4.57 Å². The van der Waals surface area contributed by atoms with Crippen molar-refractivity contribution >= 4 is 21.8 Å². The van der Waals surface area contributed by atoms with E-state index in [0.717, 1.165) is 0 Å². The van der Waals surface area contributed by atoms with Crippen molar-refractivity contribution in [3.8, 4) is 27.9 Å². The van der Waals surface area contributed by atoms with Crippen molar-refractivity contribution in [2.75, 3.05) is 0 Å². The van der Waals surface area contributed by atoms with Crippen LogP contribution in [0.2, 0.25) is 0 Å². The van der Waals surface area contributed by atoms with Crippen LogP contribution in [0.5, 0.6) is 0 Å². The summed E-state index contributed by atoms with van der Waals surface area (Å²) in [5, 5.41) is 2.58. The van der Waals surface area contributed by atoms with Crippen LogP contribution in [0.4, 0.5) is 0 Å². The van der Waals surface area contributed by atoms with E-state index in [1.165, 1.54) is 77.6 Å². The van der Waals surface area contributed by atoms with E-state index in [2.05, 4.69) is 150 Å². The van der Waals surface area contributed by atoms with E-state index in [-0.39, 0.29) is 5.41 Å². The number of benzene rings is 5. The minimum Gasteiger partial charge on any atom is -0.309 e. The number of para-hydroxylation sites is 1. The highest BCUT2D eigenvalue weighted by molar-refractivity contribution is 6.11. The second-order valence-electron chi connectivity index (χ2n) is 12.3. The third-order valence-corrected chi connectivity index (χ3v) is 7.83. The van der Waals surface area contributed by atoms with Gasteiger partial charge in [0.2, 0.25) is 0 Å². The van der Waals surface area contributed by atoms with E-state index in [9.17, 15) is 0 Å². The molecule has 0 saturated carbocycles. The molecule has 0 aliphatic carbocycles. The van der Waals surface area contributed by atoms with Crippen LogP contribution in [0.1, 0.15) is 48.6 Å². The fourth-order valence-corrected chi connectivity index (χ4v) is 6.23. The second kappa shape index (κ2) is 9.27. The first-order valence-corrected chi connectivity index (χ1v) is 13.9. The van der Waals surface area contributed by atoms with Gasteiger partial charge in [0.05, 0.1) is 11.0 Å². The molecule has 1 aromatic heterocycles. The van der Waals surface area contributed by atoms with Gasteiger partial charge >= 0.3 is 0 Å². The van der Waals surface area contributed by atoms with Crippen molar-refractivity contribution in [2.45, 2.75) is 53.9 Å². The molecule has 6 rings (SSSR count). The summed E-state index contributed by atoms with van der Waals surface area (Å²) < 4.78 is 2.47. The summed E-state index contributed by atoms with van der Waals surface area (Å²) in [4.78, 5) is 0. The summed E-state index contributed by atoms with van der Waals surface area (Å²) in [6.07, 6.45) is 0. The monoisotopic (exact) mass is 507 g/mol. The fourth-order valence-electron chi connectivity index (χ4n) is 6.23. The standard InChI is InChI=1S/C38H37N/c1-24-16-25(2)19-30(18-24)28-12-14-35-32(22-28)33-23-29(31-20-26(3)17-27(4)21-31)13-15-36(33)39(35)37-11-9-8-10-34(37)38(5,6)7/h8-23H,1-7H3. The summed E-state index contributed by atoms with van der Waals surface area (Å²) in [5.41, 5.74) is 15.4. The average molecular weight is 508 g/mol. The lowest BCUT2D eigenvalue weighted by Gasteiger charge is -2.24. The van der Waals surface area contributed by atoms with Crippen LogP contribution in [0, 0.1) is 27.7 Å². The molecule has 0 unspecified atom stereocenters. The zero-order valence-electron chi connectivity index (χ0n) is 24.2.